The van der Waals surface area contributed by atoms with Gasteiger partial charge in [0.15, 0.2) is 0 Å². The van der Waals surface area contributed by atoms with Crippen molar-refractivity contribution in [2.24, 2.45) is 0 Å². The highest BCUT2D eigenvalue weighted by Gasteiger charge is 2.50. The molecule has 1 saturated heterocycles. The topological polar surface area (TPSA) is 64.4 Å². The summed E-state index contributed by atoms with van der Waals surface area (Å²) in [6.45, 7) is 0.390. The Labute approximate surface area is 161 Å². The summed E-state index contributed by atoms with van der Waals surface area (Å²) in [5.41, 5.74) is -4.52. The van der Waals surface area contributed by atoms with Crippen LogP contribution in [0.25, 0.3) is 0 Å². The van der Waals surface area contributed by atoms with Gasteiger partial charge in [-0.15, -0.1) is 11.8 Å². The smallest absolute Gasteiger partial charge is 0.368 e. The van der Waals surface area contributed by atoms with Gasteiger partial charge in [-0.2, -0.15) is 35.9 Å². The minimum Gasteiger partial charge on any atom is -0.368 e. The van der Waals surface area contributed by atoms with E-state index < -0.39 is 40.6 Å². The second kappa shape index (κ2) is 8.00. The van der Waals surface area contributed by atoms with Gasteiger partial charge in [0.05, 0.1) is 17.0 Å². The number of nitrogens with zero attached hydrogens (tertiary/aromatic N) is 3. The van der Waals surface area contributed by atoms with Crippen molar-refractivity contribution in [1.29, 1.82) is 5.26 Å². The normalized spacial score (nSPS) is 16.9. The number of alkyl halides is 6. The molecule has 1 aliphatic rings. The highest BCUT2D eigenvalue weighted by atomic mass is 32.2. The quantitative estimate of drug-likeness (QED) is 0.522. The Kier molecular flexibility index (Phi) is 6.47. The number of halogens is 6. The van der Waals surface area contributed by atoms with Gasteiger partial charge in [0.25, 0.3) is 0 Å². The Morgan fingerprint density at radius 1 is 1.11 bits per heavy atom. The lowest BCUT2D eigenvalue weighted by molar-refractivity contribution is -0.105. The van der Waals surface area contributed by atoms with Gasteiger partial charge in [0.2, 0.25) is 0 Å². The van der Waals surface area contributed by atoms with Crippen LogP contribution in [0.3, 0.4) is 0 Å². The summed E-state index contributed by atoms with van der Waals surface area (Å²) in [6.07, 6.45) is -4.39. The van der Waals surface area contributed by atoms with Crippen LogP contribution in [-0.4, -0.2) is 56.3 Å². The summed E-state index contributed by atoms with van der Waals surface area (Å²) in [4.78, 5) is 1.79. The largest absolute Gasteiger partial charge is 0.511 e. The summed E-state index contributed by atoms with van der Waals surface area (Å²) < 4.78 is 98.7. The van der Waals surface area contributed by atoms with Gasteiger partial charge < -0.3 is 4.90 Å². The van der Waals surface area contributed by atoms with Crippen LogP contribution in [0.15, 0.2) is 17.0 Å². The molecule has 2 rings (SSSR count). The van der Waals surface area contributed by atoms with E-state index in [1.165, 1.54) is 17.0 Å². The molecular formula is C15H15F6N3O2S2. The Morgan fingerprint density at radius 3 is 2.14 bits per heavy atom. The van der Waals surface area contributed by atoms with Crippen molar-refractivity contribution in [3.8, 4) is 6.07 Å². The fourth-order valence-electron chi connectivity index (χ4n) is 2.66. The highest BCUT2D eigenvalue weighted by Crippen LogP contribution is 2.35. The number of hydrogen-bond donors (Lipinski definition) is 0. The van der Waals surface area contributed by atoms with E-state index in [2.05, 4.69) is 0 Å². The molecule has 0 spiro atoms. The summed E-state index contributed by atoms with van der Waals surface area (Å²) in [5.74, 6) is -1.13. The molecule has 1 aromatic rings. The lowest BCUT2D eigenvalue weighted by Gasteiger charge is -2.36. The first-order chi connectivity index (χ1) is 12.8. The van der Waals surface area contributed by atoms with Gasteiger partial charge in [-0.1, -0.05) is 0 Å². The zero-order valence-electron chi connectivity index (χ0n) is 14.4. The molecule has 0 unspecified atom stereocenters. The van der Waals surface area contributed by atoms with Crippen molar-refractivity contribution in [3.05, 3.63) is 23.3 Å². The van der Waals surface area contributed by atoms with Gasteiger partial charge in [-0.25, -0.2) is 8.42 Å². The first-order valence-electron chi connectivity index (χ1n) is 7.82. The predicted molar refractivity (Wildman–Crippen MR) is 91.4 cm³/mol. The van der Waals surface area contributed by atoms with Crippen LogP contribution < -0.4 is 4.90 Å². The number of sulfonamides is 1. The number of rotatable bonds is 4. The van der Waals surface area contributed by atoms with E-state index in [-0.39, 0.29) is 29.2 Å². The third-order valence-electron chi connectivity index (χ3n) is 4.02. The zero-order chi connectivity index (χ0) is 21.3. The Balaban J connectivity index is 2.23. The van der Waals surface area contributed by atoms with Crippen molar-refractivity contribution >= 4 is 27.5 Å². The monoisotopic (exact) mass is 447 g/mol. The molecule has 28 heavy (non-hydrogen) atoms. The summed E-state index contributed by atoms with van der Waals surface area (Å²) in [5, 5.41) is 9.29. The molecule has 0 N–H and O–H groups in total. The van der Waals surface area contributed by atoms with Crippen molar-refractivity contribution in [1.82, 2.24) is 4.31 Å². The molecule has 0 bridgehead atoms. The zero-order valence-corrected chi connectivity index (χ0v) is 16.1. The van der Waals surface area contributed by atoms with Gasteiger partial charge in [-0.05, 0) is 24.6 Å². The average Bonchev–Trinajstić information content (AvgIpc) is 2.58. The van der Waals surface area contributed by atoms with Gasteiger partial charge >= 0.3 is 21.7 Å². The van der Waals surface area contributed by atoms with E-state index >= 15 is 0 Å². The second-order valence-corrected chi connectivity index (χ2v) is 8.93. The molecule has 1 fully saturated rings. The summed E-state index contributed by atoms with van der Waals surface area (Å²) in [6, 6.07) is 4.71. The lowest BCUT2D eigenvalue weighted by Crippen LogP contribution is -2.52. The number of anilines is 1. The van der Waals surface area contributed by atoms with Crippen molar-refractivity contribution in [3.63, 3.8) is 0 Å². The first kappa shape index (κ1) is 22.6. The fraction of sp³-hybridized carbons (Fsp3) is 0.533. The van der Waals surface area contributed by atoms with E-state index in [0.29, 0.717) is 21.6 Å². The standard InChI is InChI=1S/C15H15F6N3O2S2/c1-10-6-11(8-22)12(7-13(10)27-9-14(16,17)18)23-2-4-24(5-3-23)28(25,26)15(19,20)21/h6-7H,2-5,9H2,1H3. The van der Waals surface area contributed by atoms with E-state index in [1.807, 2.05) is 6.07 Å². The van der Waals surface area contributed by atoms with E-state index in [0.717, 1.165) is 0 Å². The molecule has 13 heteroatoms. The number of hydrogen-bond acceptors (Lipinski definition) is 5. The van der Waals surface area contributed by atoms with Crippen LogP contribution in [0.5, 0.6) is 0 Å². The molecular weight excluding hydrogens is 432 g/mol. The molecule has 0 amide bonds. The number of thioether (sulfide) groups is 1. The van der Waals surface area contributed by atoms with Crippen LogP contribution in [0.4, 0.5) is 32.0 Å². The molecule has 5 nitrogen and oxygen atoms in total. The van der Waals surface area contributed by atoms with E-state index in [4.69, 9.17) is 0 Å². The molecule has 1 aliphatic heterocycles. The van der Waals surface area contributed by atoms with Crippen LogP contribution in [0.1, 0.15) is 11.1 Å². The van der Waals surface area contributed by atoms with Crippen LogP contribution in [-0.2, 0) is 10.0 Å². The molecule has 0 aromatic heterocycles. The highest BCUT2D eigenvalue weighted by molar-refractivity contribution is 7.99. The minimum atomic E-state index is -5.45. The number of nitriles is 1. The number of piperazine rings is 1. The first-order valence-corrected chi connectivity index (χ1v) is 10.2. The molecule has 0 radical (unpaired) electrons. The van der Waals surface area contributed by atoms with Crippen molar-refractivity contribution in [2.75, 3.05) is 36.8 Å². The maximum atomic E-state index is 12.7. The Morgan fingerprint density at radius 2 is 1.68 bits per heavy atom. The van der Waals surface area contributed by atoms with Gasteiger partial charge in [0.1, 0.15) is 6.07 Å². The van der Waals surface area contributed by atoms with Gasteiger partial charge in [-0.3, -0.25) is 0 Å². The van der Waals surface area contributed by atoms with Crippen molar-refractivity contribution < 1.29 is 34.8 Å². The van der Waals surface area contributed by atoms with Crippen molar-refractivity contribution in [2.45, 2.75) is 23.5 Å². The molecule has 1 aromatic carbocycles. The fourth-order valence-corrected chi connectivity index (χ4v) is 4.40. The molecule has 156 valence electrons. The Bertz CT molecular complexity index is 869. The third kappa shape index (κ3) is 5.03. The maximum Gasteiger partial charge on any atom is 0.511 e. The maximum absolute atomic E-state index is 12.7. The average molecular weight is 447 g/mol. The minimum absolute atomic E-state index is 0.129. The van der Waals surface area contributed by atoms with Crippen LogP contribution in [0.2, 0.25) is 0 Å². The lowest BCUT2D eigenvalue weighted by atomic mass is 10.1. The molecule has 0 aliphatic carbocycles. The number of benzene rings is 1. The summed E-state index contributed by atoms with van der Waals surface area (Å²) in [7, 11) is -5.45. The summed E-state index contributed by atoms with van der Waals surface area (Å²) >= 11 is 0.543. The van der Waals surface area contributed by atoms with Crippen LogP contribution in [0, 0.1) is 18.3 Å². The SMILES string of the molecule is Cc1cc(C#N)c(N2CCN(S(=O)(=O)C(F)(F)F)CC2)cc1SCC(F)(F)F. The third-order valence-corrected chi connectivity index (χ3v) is 6.87. The Hall–Kier alpha value is -1.65. The van der Waals surface area contributed by atoms with Crippen LogP contribution >= 0.6 is 11.8 Å². The van der Waals surface area contributed by atoms with Gasteiger partial charge in [0, 0.05) is 31.1 Å². The second-order valence-electron chi connectivity index (χ2n) is 5.99. The molecule has 0 atom stereocenters. The van der Waals surface area contributed by atoms with E-state index in [9.17, 15) is 40.0 Å². The van der Waals surface area contributed by atoms with E-state index in [1.54, 1.807) is 6.92 Å². The molecule has 1 heterocycles. The number of aryl methyl sites for hydroxylation is 1. The predicted octanol–water partition coefficient (Wildman–Crippen LogP) is 3.49. The molecule has 0 saturated carbocycles.